The average molecular weight is 214 g/mol. The summed E-state index contributed by atoms with van der Waals surface area (Å²) in [5.74, 6) is 0.158. The second-order valence-electron chi connectivity index (χ2n) is 4.41. The fraction of sp³-hybridized carbons (Fsp3) is 0.455. The van der Waals surface area contributed by atoms with E-state index in [0.717, 1.165) is 17.5 Å². The molecule has 1 rings (SSSR count). The Morgan fingerprint density at radius 3 is 2.43 bits per heavy atom. The second-order valence-corrected chi connectivity index (χ2v) is 4.82. The molecule has 3 heteroatoms. The van der Waals surface area contributed by atoms with Crippen LogP contribution in [0.15, 0.2) is 12.1 Å². The zero-order chi connectivity index (χ0) is 10.9. The van der Waals surface area contributed by atoms with Gasteiger partial charge in [0.25, 0.3) is 0 Å². The van der Waals surface area contributed by atoms with Crippen LogP contribution in [0.25, 0.3) is 0 Å². The maximum atomic E-state index is 9.47. The Morgan fingerprint density at radius 1 is 1.43 bits per heavy atom. The van der Waals surface area contributed by atoms with Gasteiger partial charge in [0.05, 0.1) is 5.02 Å². The molecule has 0 heterocycles. The lowest BCUT2D eigenvalue weighted by molar-refractivity contribution is 0.469. The highest BCUT2D eigenvalue weighted by molar-refractivity contribution is 6.32. The van der Waals surface area contributed by atoms with Crippen LogP contribution in [0.3, 0.4) is 0 Å². The van der Waals surface area contributed by atoms with Crippen molar-refractivity contribution in [2.24, 2.45) is 5.73 Å². The lowest BCUT2D eigenvalue weighted by Crippen LogP contribution is -2.34. The minimum absolute atomic E-state index is 0.158. The maximum absolute atomic E-state index is 9.47. The van der Waals surface area contributed by atoms with Gasteiger partial charge in [0.1, 0.15) is 5.75 Å². The molecule has 0 aromatic heterocycles. The molecule has 0 saturated heterocycles. The minimum Gasteiger partial charge on any atom is -0.506 e. The van der Waals surface area contributed by atoms with Gasteiger partial charge in [0.2, 0.25) is 0 Å². The van der Waals surface area contributed by atoms with Crippen molar-refractivity contribution < 1.29 is 5.11 Å². The largest absolute Gasteiger partial charge is 0.506 e. The SMILES string of the molecule is Cc1cc(CC(C)(C)N)cc(Cl)c1O. The Balaban J connectivity index is 3.02. The first-order chi connectivity index (χ1) is 6.29. The van der Waals surface area contributed by atoms with Gasteiger partial charge in [-0.25, -0.2) is 0 Å². The number of benzene rings is 1. The third-order valence-electron chi connectivity index (χ3n) is 1.97. The molecule has 14 heavy (non-hydrogen) atoms. The summed E-state index contributed by atoms with van der Waals surface area (Å²) in [7, 11) is 0. The quantitative estimate of drug-likeness (QED) is 0.794. The van der Waals surface area contributed by atoms with E-state index in [1.807, 2.05) is 26.8 Å². The van der Waals surface area contributed by atoms with E-state index in [2.05, 4.69) is 0 Å². The van der Waals surface area contributed by atoms with Crippen molar-refractivity contribution in [3.63, 3.8) is 0 Å². The molecule has 1 aromatic carbocycles. The summed E-state index contributed by atoms with van der Waals surface area (Å²) >= 11 is 5.86. The van der Waals surface area contributed by atoms with E-state index in [1.165, 1.54) is 0 Å². The third-order valence-corrected chi connectivity index (χ3v) is 2.26. The van der Waals surface area contributed by atoms with E-state index in [-0.39, 0.29) is 11.3 Å². The number of hydrogen-bond acceptors (Lipinski definition) is 2. The molecule has 0 aliphatic rings. The molecule has 0 saturated carbocycles. The number of phenols is 1. The first kappa shape index (κ1) is 11.3. The molecule has 0 aliphatic carbocycles. The van der Waals surface area contributed by atoms with Crippen LogP contribution < -0.4 is 5.73 Å². The number of hydrogen-bond donors (Lipinski definition) is 2. The van der Waals surface area contributed by atoms with Crippen LogP contribution in [0.5, 0.6) is 5.75 Å². The fourth-order valence-corrected chi connectivity index (χ4v) is 1.72. The van der Waals surface area contributed by atoms with Crippen LogP contribution in [0, 0.1) is 6.92 Å². The molecule has 0 atom stereocenters. The first-order valence-electron chi connectivity index (χ1n) is 4.56. The Labute approximate surface area is 89.7 Å². The normalized spacial score (nSPS) is 11.8. The van der Waals surface area contributed by atoms with Crippen molar-refractivity contribution in [1.82, 2.24) is 0 Å². The van der Waals surface area contributed by atoms with Crippen LogP contribution in [0.2, 0.25) is 5.02 Å². The maximum Gasteiger partial charge on any atom is 0.137 e. The summed E-state index contributed by atoms with van der Waals surface area (Å²) in [6, 6.07) is 3.67. The third kappa shape index (κ3) is 2.89. The number of aromatic hydroxyl groups is 1. The predicted octanol–water partition coefficient (Wildman–Crippen LogP) is 2.63. The summed E-state index contributed by atoms with van der Waals surface area (Å²) in [5.41, 5.74) is 7.49. The van der Waals surface area contributed by atoms with E-state index in [9.17, 15) is 5.11 Å². The molecule has 0 spiro atoms. The van der Waals surface area contributed by atoms with Crippen LogP contribution in [-0.2, 0) is 6.42 Å². The number of rotatable bonds is 2. The Kier molecular flexibility index (Phi) is 3.07. The van der Waals surface area contributed by atoms with Gasteiger partial charge < -0.3 is 10.8 Å². The molecule has 0 radical (unpaired) electrons. The lowest BCUT2D eigenvalue weighted by Gasteiger charge is -2.19. The van der Waals surface area contributed by atoms with E-state index in [4.69, 9.17) is 17.3 Å². The van der Waals surface area contributed by atoms with E-state index >= 15 is 0 Å². The van der Waals surface area contributed by atoms with Gasteiger partial charge in [0.15, 0.2) is 0 Å². The smallest absolute Gasteiger partial charge is 0.137 e. The minimum atomic E-state index is -0.257. The van der Waals surface area contributed by atoms with Crippen molar-refractivity contribution in [3.8, 4) is 5.75 Å². The van der Waals surface area contributed by atoms with Crippen molar-refractivity contribution in [2.45, 2.75) is 32.7 Å². The molecule has 3 N–H and O–H groups in total. The standard InChI is InChI=1S/C11H16ClNO/c1-7-4-8(6-11(2,3)13)5-9(12)10(7)14/h4-5,14H,6,13H2,1-3H3. The molecule has 1 aromatic rings. The molecular weight excluding hydrogens is 198 g/mol. The summed E-state index contributed by atoms with van der Waals surface area (Å²) in [6.45, 7) is 5.75. The molecule has 2 nitrogen and oxygen atoms in total. The number of nitrogens with two attached hydrogens (primary N) is 1. The van der Waals surface area contributed by atoms with Crippen LogP contribution >= 0.6 is 11.6 Å². The van der Waals surface area contributed by atoms with Gasteiger partial charge in [-0.2, -0.15) is 0 Å². The number of phenolic OH excluding ortho intramolecular Hbond substituents is 1. The van der Waals surface area contributed by atoms with Crippen LogP contribution in [-0.4, -0.2) is 10.6 Å². The molecular formula is C11H16ClNO. The van der Waals surface area contributed by atoms with Crippen molar-refractivity contribution >= 4 is 11.6 Å². The van der Waals surface area contributed by atoms with Gasteiger partial charge in [0, 0.05) is 5.54 Å². The van der Waals surface area contributed by atoms with Gasteiger partial charge in [-0.3, -0.25) is 0 Å². The highest BCUT2D eigenvalue weighted by Gasteiger charge is 2.13. The Bertz CT molecular complexity index is 319. The molecule has 0 aliphatic heterocycles. The predicted molar refractivity (Wildman–Crippen MR) is 59.8 cm³/mol. The zero-order valence-corrected chi connectivity index (χ0v) is 9.52. The molecule has 0 fully saturated rings. The fourth-order valence-electron chi connectivity index (χ4n) is 1.44. The molecule has 0 amide bonds. The number of aryl methyl sites for hydroxylation is 1. The van der Waals surface area contributed by atoms with Gasteiger partial charge in [-0.05, 0) is 44.4 Å². The van der Waals surface area contributed by atoms with Crippen LogP contribution in [0.4, 0.5) is 0 Å². The molecule has 0 unspecified atom stereocenters. The first-order valence-corrected chi connectivity index (χ1v) is 4.94. The van der Waals surface area contributed by atoms with Crippen molar-refractivity contribution in [1.29, 1.82) is 0 Å². The number of halogens is 1. The van der Waals surface area contributed by atoms with Crippen LogP contribution in [0.1, 0.15) is 25.0 Å². The summed E-state index contributed by atoms with van der Waals surface area (Å²) in [6.07, 6.45) is 0.744. The van der Waals surface area contributed by atoms with Gasteiger partial charge in [-0.1, -0.05) is 17.7 Å². The summed E-state index contributed by atoms with van der Waals surface area (Å²) in [4.78, 5) is 0. The average Bonchev–Trinajstić information content (AvgIpc) is 1.96. The van der Waals surface area contributed by atoms with Gasteiger partial charge in [-0.15, -0.1) is 0 Å². The Hall–Kier alpha value is -0.730. The van der Waals surface area contributed by atoms with Gasteiger partial charge >= 0.3 is 0 Å². The molecule has 0 bridgehead atoms. The van der Waals surface area contributed by atoms with E-state index in [1.54, 1.807) is 6.07 Å². The van der Waals surface area contributed by atoms with E-state index in [0.29, 0.717) is 5.02 Å². The summed E-state index contributed by atoms with van der Waals surface area (Å²) in [5, 5.41) is 9.86. The lowest BCUT2D eigenvalue weighted by atomic mass is 9.95. The highest BCUT2D eigenvalue weighted by atomic mass is 35.5. The summed E-state index contributed by atoms with van der Waals surface area (Å²) < 4.78 is 0. The Morgan fingerprint density at radius 2 is 2.00 bits per heavy atom. The van der Waals surface area contributed by atoms with E-state index < -0.39 is 0 Å². The molecule has 78 valence electrons. The zero-order valence-electron chi connectivity index (χ0n) is 8.76. The second kappa shape index (κ2) is 3.79. The van der Waals surface area contributed by atoms with Crippen molar-refractivity contribution in [3.05, 3.63) is 28.3 Å². The monoisotopic (exact) mass is 213 g/mol. The van der Waals surface area contributed by atoms with Crippen molar-refractivity contribution in [2.75, 3.05) is 0 Å². The highest BCUT2D eigenvalue weighted by Crippen LogP contribution is 2.29. The topological polar surface area (TPSA) is 46.2 Å².